The highest BCUT2D eigenvalue weighted by Gasteiger charge is 2.28. The van der Waals surface area contributed by atoms with Gasteiger partial charge in [0, 0.05) is 5.92 Å². The SMILES string of the molecule is CC1CC(CC(=O)O)c2cccc(Cl)c2O1. The Bertz CT molecular complexity index is 417. The van der Waals surface area contributed by atoms with E-state index in [1.165, 1.54) is 0 Å². The Morgan fingerprint density at radius 1 is 1.62 bits per heavy atom. The number of para-hydroxylation sites is 1. The van der Waals surface area contributed by atoms with E-state index in [0.717, 1.165) is 12.0 Å². The predicted molar refractivity (Wildman–Crippen MR) is 61.2 cm³/mol. The number of rotatable bonds is 2. The molecule has 3 nitrogen and oxygen atoms in total. The maximum Gasteiger partial charge on any atom is 0.303 e. The van der Waals surface area contributed by atoms with Crippen molar-refractivity contribution in [2.75, 3.05) is 0 Å². The number of ether oxygens (including phenoxy) is 1. The van der Waals surface area contributed by atoms with Crippen LogP contribution in [0.25, 0.3) is 0 Å². The van der Waals surface area contributed by atoms with Crippen molar-refractivity contribution in [3.05, 3.63) is 28.8 Å². The van der Waals surface area contributed by atoms with E-state index in [1.54, 1.807) is 6.07 Å². The molecule has 1 aliphatic heterocycles. The number of fused-ring (bicyclic) bond motifs is 1. The number of hydrogen-bond acceptors (Lipinski definition) is 2. The molecule has 2 unspecified atom stereocenters. The maximum absolute atomic E-state index is 10.8. The van der Waals surface area contributed by atoms with Gasteiger partial charge < -0.3 is 9.84 Å². The van der Waals surface area contributed by atoms with Crippen molar-refractivity contribution in [3.8, 4) is 5.75 Å². The second-order valence-corrected chi connectivity index (χ2v) is 4.52. The molecule has 1 heterocycles. The van der Waals surface area contributed by atoms with Gasteiger partial charge in [-0.15, -0.1) is 0 Å². The van der Waals surface area contributed by atoms with E-state index in [2.05, 4.69) is 0 Å². The van der Waals surface area contributed by atoms with Crippen LogP contribution < -0.4 is 4.74 Å². The van der Waals surface area contributed by atoms with Crippen LogP contribution in [0.1, 0.15) is 31.2 Å². The molecule has 1 aliphatic rings. The van der Waals surface area contributed by atoms with Crippen LogP contribution in [0.3, 0.4) is 0 Å². The molecule has 1 aromatic carbocycles. The Balaban J connectivity index is 2.38. The molecular formula is C12H13ClO3. The summed E-state index contributed by atoms with van der Waals surface area (Å²) in [5, 5.41) is 9.43. The first-order chi connectivity index (χ1) is 7.58. The zero-order valence-electron chi connectivity index (χ0n) is 8.94. The Kier molecular flexibility index (Phi) is 3.06. The van der Waals surface area contributed by atoms with E-state index in [0.29, 0.717) is 10.8 Å². The molecular weight excluding hydrogens is 228 g/mol. The van der Waals surface area contributed by atoms with Crippen LogP contribution in [-0.4, -0.2) is 17.2 Å². The Morgan fingerprint density at radius 3 is 3.06 bits per heavy atom. The van der Waals surface area contributed by atoms with Crippen molar-refractivity contribution >= 4 is 17.6 Å². The molecule has 0 aliphatic carbocycles. The Morgan fingerprint density at radius 2 is 2.38 bits per heavy atom. The summed E-state index contributed by atoms with van der Waals surface area (Å²) in [6.07, 6.45) is 0.859. The van der Waals surface area contributed by atoms with Crippen LogP contribution in [0, 0.1) is 0 Å². The van der Waals surface area contributed by atoms with Crippen LogP contribution in [0.15, 0.2) is 18.2 Å². The van der Waals surface area contributed by atoms with Gasteiger partial charge in [-0.05, 0) is 25.0 Å². The molecule has 0 radical (unpaired) electrons. The molecule has 0 fully saturated rings. The normalized spacial score (nSPS) is 23.4. The third-order valence-corrected chi connectivity index (χ3v) is 3.09. The highest BCUT2D eigenvalue weighted by atomic mass is 35.5. The summed E-state index contributed by atoms with van der Waals surface area (Å²) in [5.74, 6) is -0.144. The first-order valence-electron chi connectivity index (χ1n) is 5.24. The van der Waals surface area contributed by atoms with Gasteiger partial charge in [0.15, 0.2) is 0 Å². The van der Waals surface area contributed by atoms with Gasteiger partial charge in [0.05, 0.1) is 17.5 Å². The van der Waals surface area contributed by atoms with Crippen molar-refractivity contribution in [2.45, 2.75) is 31.8 Å². The van der Waals surface area contributed by atoms with E-state index in [-0.39, 0.29) is 18.4 Å². The zero-order chi connectivity index (χ0) is 11.7. The summed E-state index contributed by atoms with van der Waals surface area (Å²) in [7, 11) is 0. The Hall–Kier alpha value is -1.22. The quantitative estimate of drug-likeness (QED) is 0.864. The zero-order valence-corrected chi connectivity index (χ0v) is 9.70. The van der Waals surface area contributed by atoms with Crippen LogP contribution >= 0.6 is 11.6 Å². The monoisotopic (exact) mass is 240 g/mol. The van der Waals surface area contributed by atoms with Gasteiger partial charge in [-0.2, -0.15) is 0 Å². The smallest absolute Gasteiger partial charge is 0.303 e. The summed E-state index contributed by atoms with van der Waals surface area (Å²) in [4.78, 5) is 10.8. The molecule has 1 aromatic rings. The second-order valence-electron chi connectivity index (χ2n) is 4.12. The Labute approximate surface area is 99.0 Å². The number of benzene rings is 1. The molecule has 0 saturated carbocycles. The number of hydrogen-bond donors (Lipinski definition) is 1. The minimum atomic E-state index is -0.787. The van der Waals surface area contributed by atoms with Gasteiger partial charge in [-0.1, -0.05) is 23.7 Å². The second kappa shape index (κ2) is 4.34. The van der Waals surface area contributed by atoms with Crippen molar-refractivity contribution in [1.82, 2.24) is 0 Å². The minimum absolute atomic E-state index is 0.00468. The van der Waals surface area contributed by atoms with Gasteiger partial charge in [0.2, 0.25) is 0 Å². The topological polar surface area (TPSA) is 46.5 Å². The predicted octanol–water partition coefficient (Wildman–Crippen LogP) is 3.07. The molecule has 2 rings (SSSR count). The fraction of sp³-hybridized carbons (Fsp3) is 0.417. The van der Waals surface area contributed by atoms with Gasteiger partial charge in [0.1, 0.15) is 5.75 Å². The summed E-state index contributed by atoms with van der Waals surface area (Å²) >= 11 is 6.04. The minimum Gasteiger partial charge on any atom is -0.489 e. The largest absolute Gasteiger partial charge is 0.489 e. The molecule has 16 heavy (non-hydrogen) atoms. The van der Waals surface area contributed by atoms with Crippen LogP contribution in [0.5, 0.6) is 5.75 Å². The fourth-order valence-electron chi connectivity index (χ4n) is 2.15. The number of halogens is 1. The molecule has 86 valence electrons. The molecule has 4 heteroatoms. The summed E-state index contributed by atoms with van der Waals surface area (Å²) in [6, 6.07) is 5.48. The fourth-order valence-corrected chi connectivity index (χ4v) is 2.38. The summed E-state index contributed by atoms with van der Waals surface area (Å²) in [5.41, 5.74) is 0.910. The molecule has 0 aromatic heterocycles. The molecule has 0 amide bonds. The number of carboxylic acid groups (broad SMARTS) is 1. The van der Waals surface area contributed by atoms with Crippen molar-refractivity contribution in [2.24, 2.45) is 0 Å². The molecule has 0 spiro atoms. The standard InChI is InChI=1S/C12H13ClO3/c1-7-5-8(6-11(14)15)9-3-2-4-10(13)12(9)16-7/h2-4,7-8H,5-6H2,1H3,(H,14,15). The summed E-state index contributed by atoms with van der Waals surface area (Å²) < 4.78 is 5.65. The molecule has 1 N–H and O–H groups in total. The lowest BCUT2D eigenvalue weighted by Gasteiger charge is -2.30. The van der Waals surface area contributed by atoms with Crippen LogP contribution in [0.2, 0.25) is 5.02 Å². The third kappa shape index (κ3) is 2.14. The van der Waals surface area contributed by atoms with Crippen molar-refractivity contribution in [3.63, 3.8) is 0 Å². The van der Waals surface area contributed by atoms with E-state index in [4.69, 9.17) is 21.4 Å². The van der Waals surface area contributed by atoms with E-state index >= 15 is 0 Å². The van der Waals surface area contributed by atoms with E-state index < -0.39 is 5.97 Å². The summed E-state index contributed by atoms with van der Waals surface area (Å²) in [6.45, 7) is 1.93. The number of carbonyl (C=O) groups is 1. The highest BCUT2D eigenvalue weighted by Crippen LogP contribution is 2.42. The average molecular weight is 241 g/mol. The lowest BCUT2D eigenvalue weighted by atomic mass is 9.88. The first-order valence-corrected chi connectivity index (χ1v) is 5.62. The van der Waals surface area contributed by atoms with Crippen molar-refractivity contribution < 1.29 is 14.6 Å². The molecule has 0 saturated heterocycles. The van der Waals surface area contributed by atoms with Crippen LogP contribution in [-0.2, 0) is 4.79 Å². The lowest BCUT2D eigenvalue weighted by molar-refractivity contribution is -0.137. The maximum atomic E-state index is 10.8. The first kappa shape index (κ1) is 11.3. The van der Waals surface area contributed by atoms with E-state index in [1.807, 2.05) is 19.1 Å². The number of aliphatic carboxylic acids is 1. The third-order valence-electron chi connectivity index (χ3n) is 2.79. The van der Waals surface area contributed by atoms with Gasteiger partial charge >= 0.3 is 5.97 Å². The molecule has 2 atom stereocenters. The number of carboxylic acids is 1. The van der Waals surface area contributed by atoms with Crippen molar-refractivity contribution in [1.29, 1.82) is 0 Å². The van der Waals surface area contributed by atoms with Gasteiger partial charge in [-0.25, -0.2) is 0 Å². The molecule has 0 bridgehead atoms. The van der Waals surface area contributed by atoms with E-state index in [9.17, 15) is 4.79 Å². The lowest BCUT2D eigenvalue weighted by Crippen LogP contribution is -2.24. The van der Waals surface area contributed by atoms with Gasteiger partial charge in [0.25, 0.3) is 0 Å². The highest BCUT2D eigenvalue weighted by molar-refractivity contribution is 6.32. The average Bonchev–Trinajstić information content (AvgIpc) is 2.18. The van der Waals surface area contributed by atoms with Gasteiger partial charge in [-0.3, -0.25) is 4.79 Å². The van der Waals surface area contributed by atoms with Crippen LogP contribution in [0.4, 0.5) is 0 Å².